The Bertz CT molecular complexity index is 602. The van der Waals surface area contributed by atoms with Crippen molar-refractivity contribution in [3.8, 4) is 0 Å². The minimum Gasteiger partial charge on any atom is -0.365 e. The van der Waals surface area contributed by atoms with Crippen LogP contribution >= 0.6 is 0 Å². The molecule has 2 aromatic rings. The molecule has 0 heterocycles. The van der Waals surface area contributed by atoms with E-state index in [9.17, 15) is 13.2 Å². The molecule has 0 bridgehead atoms. The second-order valence-corrected chi connectivity index (χ2v) is 4.75. The first-order valence-electron chi connectivity index (χ1n) is 6.75. The molecule has 0 atom stereocenters. The lowest BCUT2D eigenvalue weighted by molar-refractivity contribution is 0.574. The predicted octanol–water partition coefficient (Wildman–Crippen LogP) is 3.46. The van der Waals surface area contributed by atoms with Crippen molar-refractivity contribution in [1.82, 2.24) is 0 Å². The van der Waals surface area contributed by atoms with Gasteiger partial charge in [-0.05, 0) is 43.3 Å². The van der Waals surface area contributed by atoms with E-state index in [0.29, 0.717) is 25.2 Å². The highest BCUT2D eigenvalue weighted by molar-refractivity contribution is 5.48. The molecular weight excluding hydrogens is 277 g/mol. The summed E-state index contributed by atoms with van der Waals surface area (Å²) in [6, 6.07) is 9.51. The summed E-state index contributed by atoms with van der Waals surface area (Å²) in [6.07, 6.45) is 0.630. The molecule has 5 heteroatoms. The van der Waals surface area contributed by atoms with Crippen LogP contribution in [0.3, 0.4) is 0 Å². The molecule has 0 amide bonds. The number of halogens is 3. The first kappa shape index (κ1) is 15.4. The zero-order chi connectivity index (χ0) is 15.2. The maximum Gasteiger partial charge on any atom is 0.146 e. The third-order valence-corrected chi connectivity index (χ3v) is 3.19. The minimum absolute atomic E-state index is 0.0878. The summed E-state index contributed by atoms with van der Waals surface area (Å²) in [6.45, 7) is 0.995. The maximum atomic E-state index is 13.9. The molecule has 112 valence electrons. The number of nitrogens with two attached hydrogens (primary N) is 1. The van der Waals surface area contributed by atoms with Gasteiger partial charge in [-0.1, -0.05) is 12.1 Å². The van der Waals surface area contributed by atoms with Gasteiger partial charge in [0.15, 0.2) is 0 Å². The number of nitrogens with zero attached hydrogens (tertiary/aromatic N) is 1. The van der Waals surface area contributed by atoms with Gasteiger partial charge in [0, 0.05) is 18.7 Å². The van der Waals surface area contributed by atoms with Gasteiger partial charge in [0.05, 0.1) is 5.69 Å². The molecule has 0 saturated heterocycles. The third kappa shape index (κ3) is 3.98. The number of benzene rings is 2. The van der Waals surface area contributed by atoms with Crippen LogP contribution in [0.5, 0.6) is 0 Å². The van der Waals surface area contributed by atoms with Crippen LogP contribution in [0.4, 0.5) is 18.9 Å². The van der Waals surface area contributed by atoms with Crippen LogP contribution in [0.25, 0.3) is 0 Å². The summed E-state index contributed by atoms with van der Waals surface area (Å²) < 4.78 is 40.9. The van der Waals surface area contributed by atoms with Crippen LogP contribution in [-0.2, 0) is 6.54 Å². The Morgan fingerprint density at radius 3 is 2.43 bits per heavy atom. The van der Waals surface area contributed by atoms with E-state index in [1.54, 1.807) is 23.1 Å². The zero-order valence-corrected chi connectivity index (χ0v) is 11.5. The summed E-state index contributed by atoms with van der Waals surface area (Å²) in [5.41, 5.74) is 6.03. The van der Waals surface area contributed by atoms with Crippen molar-refractivity contribution >= 4 is 5.69 Å². The number of para-hydroxylation sites is 1. The highest BCUT2D eigenvalue weighted by atomic mass is 19.1. The zero-order valence-electron chi connectivity index (χ0n) is 11.5. The average molecular weight is 294 g/mol. The van der Waals surface area contributed by atoms with E-state index in [2.05, 4.69) is 0 Å². The van der Waals surface area contributed by atoms with Crippen molar-refractivity contribution in [1.29, 1.82) is 0 Å². The summed E-state index contributed by atoms with van der Waals surface area (Å²) in [5.74, 6) is -1.42. The van der Waals surface area contributed by atoms with Gasteiger partial charge >= 0.3 is 0 Å². The lowest BCUT2D eigenvalue weighted by atomic mass is 10.1. The molecule has 21 heavy (non-hydrogen) atoms. The van der Waals surface area contributed by atoms with E-state index in [-0.39, 0.29) is 12.1 Å². The maximum absolute atomic E-state index is 13.9. The summed E-state index contributed by atoms with van der Waals surface area (Å²) in [5, 5.41) is 0. The van der Waals surface area contributed by atoms with E-state index in [1.165, 1.54) is 6.07 Å². The molecule has 2 rings (SSSR count). The van der Waals surface area contributed by atoms with Gasteiger partial charge in [-0.15, -0.1) is 0 Å². The van der Waals surface area contributed by atoms with Crippen LogP contribution in [0, 0.1) is 17.5 Å². The fraction of sp³-hybridized carbons (Fsp3) is 0.250. The van der Waals surface area contributed by atoms with Gasteiger partial charge in [-0.3, -0.25) is 0 Å². The van der Waals surface area contributed by atoms with Crippen LogP contribution in [0.2, 0.25) is 0 Å². The van der Waals surface area contributed by atoms with Gasteiger partial charge in [0.25, 0.3) is 0 Å². The van der Waals surface area contributed by atoms with E-state index in [1.807, 2.05) is 0 Å². The van der Waals surface area contributed by atoms with Gasteiger partial charge in [0.1, 0.15) is 17.5 Å². The Labute approximate surface area is 122 Å². The van der Waals surface area contributed by atoms with Gasteiger partial charge in [0.2, 0.25) is 0 Å². The molecular formula is C16H17F3N2. The second-order valence-electron chi connectivity index (χ2n) is 4.75. The van der Waals surface area contributed by atoms with Crippen LogP contribution in [-0.4, -0.2) is 13.1 Å². The summed E-state index contributed by atoms with van der Waals surface area (Å²) in [7, 11) is 0. The Balaban J connectivity index is 2.28. The van der Waals surface area contributed by atoms with E-state index >= 15 is 0 Å². The molecule has 0 saturated carbocycles. The molecule has 2 aromatic carbocycles. The molecule has 0 spiro atoms. The first-order chi connectivity index (χ1) is 10.1. The fourth-order valence-electron chi connectivity index (χ4n) is 2.15. The van der Waals surface area contributed by atoms with Crippen LogP contribution in [0.1, 0.15) is 12.0 Å². The number of rotatable bonds is 6. The SMILES string of the molecule is NCCCN(Cc1cc(F)ccc1F)c1ccccc1F. The molecule has 2 N–H and O–H groups in total. The lowest BCUT2D eigenvalue weighted by Gasteiger charge is -2.25. The second kappa shape index (κ2) is 7.13. The van der Waals surface area contributed by atoms with E-state index in [0.717, 1.165) is 18.2 Å². The van der Waals surface area contributed by atoms with Crippen molar-refractivity contribution in [2.45, 2.75) is 13.0 Å². The topological polar surface area (TPSA) is 29.3 Å². The number of hydrogen-bond acceptors (Lipinski definition) is 2. The molecule has 0 aliphatic rings. The van der Waals surface area contributed by atoms with Gasteiger partial charge in [-0.2, -0.15) is 0 Å². The molecule has 0 aliphatic heterocycles. The molecule has 2 nitrogen and oxygen atoms in total. The van der Waals surface area contributed by atoms with Crippen LogP contribution < -0.4 is 10.6 Å². The van der Waals surface area contributed by atoms with Crippen molar-refractivity contribution < 1.29 is 13.2 Å². The molecule has 0 aromatic heterocycles. The van der Waals surface area contributed by atoms with E-state index in [4.69, 9.17) is 5.73 Å². The molecule has 0 radical (unpaired) electrons. The third-order valence-electron chi connectivity index (χ3n) is 3.19. The Morgan fingerprint density at radius 2 is 1.71 bits per heavy atom. The quantitative estimate of drug-likeness (QED) is 0.884. The summed E-state index contributed by atoms with van der Waals surface area (Å²) in [4.78, 5) is 1.67. The van der Waals surface area contributed by atoms with Crippen molar-refractivity contribution in [2.24, 2.45) is 5.73 Å². The molecule has 0 fully saturated rings. The minimum atomic E-state index is -0.515. The number of anilines is 1. The van der Waals surface area contributed by atoms with Crippen molar-refractivity contribution in [2.75, 3.05) is 18.0 Å². The largest absolute Gasteiger partial charge is 0.365 e. The number of hydrogen-bond donors (Lipinski definition) is 1. The molecule has 0 unspecified atom stereocenters. The first-order valence-corrected chi connectivity index (χ1v) is 6.75. The van der Waals surface area contributed by atoms with Gasteiger partial charge < -0.3 is 10.6 Å². The monoisotopic (exact) mass is 294 g/mol. The van der Waals surface area contributed by atoms with Crippen LogP contribution in [0.15, 0.2) is 42.5 Å². The van der Waals surface area contributed by atoms with E-state index < -0.39 is 17.5 Å². The van der Waals surface area contributed by atoms with Gasteiger partial charge in [-0.25, -0.2) is 13.2 Å². The normalized spacial score (nSPS) is 10.7. The highest BCUT2D eigenvalue weighted by Crippen LogP contribution is 2.22. The Morgan fingerprint density at radius 1 is 0.952 bits per heavy atom. The van der Waals surface area contributed by atoms with Crippen molar-refractivity contribution in [3.05, 3.63) is 65.5 Å². The summed E-state index contributed by atoms with van der Waals surface area (Å²) >= 11 is 0. The highest BCUT2D eigenvalue weighted by Gasteiger charge is 2.14. The predicted molar refractivity (Wildman–Crippen MR) is 77.5 cm³/mol. The smallest absolute Gasteiger partial charge is 0.146 e. The fourth-order valence-corrected chi connectivity index (χ4v) is 2.15. The average Bonchev–Trinajstić information content (AvgIpc) is 2.48. The standard InChI is InChI=1S/C16H17F3N2/c17-13-6-7-14(18)12(10-13)11-21(9-3-8-20)16-5-2-1-4-15(16)19/h1-2,4-7,10H,3,8-9,11,20H2. The Kier molecular flexibility index (Phi) is 5.22. The Hall–Kier alpha value is -2.01. The van der Waals surface area contributed by atoms with Crippen molar-refractivity contribution in [3.63, 3.8) is 0 Å². The molecule has 0 aliphatic carbocycles. The lowest BCUT2D eigenvalue weighted by Crippen LogP contribution is -2.27.